The van der Waals surface area contributed by atoms with Crippen molar-refractivity contribution >= 4 is 46.4 Å². The van der Waals surface area contributed by atoms with Gasteiger partial charge in [-0.25, -0.2) is 9.97 Å². The van der Waals surface area contributed by atoms with Crippen LogP contribution >= 0.6 is 23.2 Å². The van der Waals surface area contributed by atoms with Crippen molar-refractivity contribution < 1.29 is 0 Å². The maximum absolute atomic E-state index is 6.04. The Morgan fingerprint density at radius 1 is 0.857 bits per heavy atom. The Morgan fingerprint density at radius 2 is 1.48 bits per heavy atom. The molecule has 104 valence electrons. The molecule has 4 heteroatoms. The van der Waals surface area contributed by atoms with Gasteiger partial charge in [-0.05, 0) is 30.7 Å². The standard InChI is InChI=1S/C17H12Cl2N2/c1-11-15(8-7-12-5-3-2-4-6-12)21-17-10-14(19)13(18)9-16(17)20-11/h2-10H,1H3/b8-7+. The average molecular weight is 315 g/mol. The van der Waals surface area contributed by atoms with Crippen LogP contribution in [0.5, 0.6) is 0 Å². The zero-order chi connectivity index (χ0) is 14.8. The Labute approximate surface area is 133 Å². The van der Waals surface area contributed by atoms with Crippen molar-refractivity contribution in [2.45, 2.75) is 6.92 Å². The summed E-state index contributed by atoms with van der Waals surface area (Å²) >= 11 is 12.0. The molecule has 21 heavy (non-hydrogen) atoms. The maximum Gasteiger partial charge on any atom is 0.0910 e. The molecule has 0 atom stereocenters. The van der Waals surface area contributed by atoms with Crippen molar-refractivity contribution in [2.24, 2.45) is 0 Å². The summed E-state index contributed by atoms with van der Waals surface area (Å²) in [5.74, 6) is 0. The van der Waals surface area contributed by atoms with Crippen LogP contribution in [0.1, 0.15) is 17.0 Å². The Bertz CT molecular complexity index is 827. The van der Waals surface area contributed by atoms with Crippen molar-refractivity contribution in [2.75, 3.05) is 0 Å². The third kappa shape index (κ3) is 3.07. The van der Waals surface area contributed by atoms with E-state index in [4.69, 9.17) is 23.2 Å². The molecule has 3 rings (SSSR count). The first kappa shape index (κ1) is 14.1. The van der Waals surface area contributed by atoms with E-state index in [1.807, 2.05) is 49.4 Å². The minimum atomic E-state index is 0.486. The first-order chi connectivity index (χ1) is 10.1. The van der Waals surface area contributed by atoms with Gasteiger partial charge in [-0.1, -0.05) is 59.6 Å². The molecule has 0 saturated heterocycles. The number of benzene rings is 2. The number of fused-ring (bicyclic) bond motifs is 1. The van der Waals surface area contributed by atoms with E-state index in [0.717, 1.165) is 28.0 Å². The van der Waals surface area contributed by atoms with Crippen LogP contribution in [0.15, 0.2) is 42.5 Å². The van der Waals surface area contributed by atoms with Crippen molar-refractivity contribution in [1.29, 1.82) is 0 Å². The molecular formula is C17H12Cl2N2. The van der Waals surface area contributed by atoms with Crippen LogP contribution in [-0.2, 0) is 0 Å². The summed E-state index contributed by atoms with van der Waals surface area (Å²) in [6, 6.07) is 13.5. The predicted octanol–water partition coefficient (Wildman–Crippen LogP) is 5.42. The number of hydrogen-bond acceptors (Lipinski definition) is 2. The summed E-state index contributed by atoms with van der Waals surface area (Å²) in [6.45, 7) is 1.93. The summed E-state index contributed by atoms with van der Waals surface area (Å²) in [7, 11) is 0. The van der Waals surface area contributed by atoms with E-state index >= 15 is 0 Å². The summed E-state index contributed by atoms with van der Waals surface area (Å²) in [5, 5.41) is 0.978. The Balaban J connectivity index is 2.05. The van der Waals surface area contributed by atoms with Crippen molar-refractivity contribution in [3.05, 3.63) is 69.5 Å². The highest BCUT2D eigenvalue weighted by Gasteiger charge is 2.06. The van der Waals surface area contributed by atoms with Crippen LogP contribution in [0.4, 0.5) is 0 Å². The minimum absolute atomic E-state index is 0.486. The molecular weight excluding hydrogens is 303 g/mol. The zero-order valence-electron chi connectivity index (χ0n) is 11.3. The molecule has 0 N–H and O–H groups in total. The lowest BCUT2D eigenvalue weighted by atomic mass is 10.2. The monoisotopic (exact) mass is 314 g/mol. The van der Waals surface area contributed by atoms with Crippen molar-refractivity contribution in [3.63, 3.8) is 0 Å². The number of halogens is 2. The van der Waals surface area contributed by atoms with Gasteiger partial charge in [0.05, 0.1) is 32.5 Å². The summed E-state index contributed by atoms with van der Waals surface area (Å²) in [5.41, 5.74) is 4.28. The van der Waals surface area contributed by atoms with E-state index in [1.54, 1.807) is 12.1 Å². The molecule has 2 nitrogen and oxygen atoms in total. The lowest BCUT2D eigenvalue weighted by Gasteiger charge is -2.04. The highest BCUT2D eigenvalue weighted by atomic mass is 35.5. The molecule has 0 aliphatic rings. The van der Waals surface area contributed by atoms with Gasteiger partial charge < -0.3 is 0 Å². The highest BCUT2D eigenvalue weighted by molar-refractivity contribution is 6.42. The third-order valence-corrected chi connectivity index (χ3v) is 3.87. The first-order valence-corrected chi connectivity index (χ1v) is 7.25. The number of aromatic nitrogens is 2. The second-order valence-corrected chi connectivity index (χ2v) is 5.51. The molecule has 0 fully saturated rings. The molecule has 0 aliphatic carbocycles. The molecule has 0 bridgehead atoms. The topological polar surface area (TPSA) is 25.8 Å². The second kappa shape index (κ2) is 5.84. The largest absolute Gasteiger partial charge is 0.249 e. The molecule has 0 radical (unpaired) electrons. The van der Waals surface area contributed by atoms with Gasteiger partial charge in [0, 0.05) is 0 Å². The third-order valence-electron chi connectivity index (χ3n) is 3.15. The van der Waals surface area contributed by atoms with Crippen LogP contribution in [0, 0.1) is 6.92 Å². The Hall–Kier alpha value is -1.90. The fourth-order valence-corrected chi connectivity index (χ4v) is 2.37. The molecule has 1 aromatic heterocycles. The Kier molecular flexibility index (Phi) is 3.91. The van der Waals surface area contributed by atoms with Crippen LogP contribution in [0.3, 0.4) is 0 Å². The minimum Gasteiger partial charge on any atom is -0.249 e. The summed E-state index contributed by atoms with van der Waals surface area (Å²) in [4.78, 5) is 9.13. The Morgan fingerprint density at radius 3 is 2.14 bits per heavy atom. The van der Waals surface area contributed by atoms with Gasteiger partial charge >= 0.3 is 0 Å². The van der Waals surface area contributed by atoms with Crippen LogP contribution in [0.2, 0.25) is 10.0 Å². The summed E-state index contributed by atoms with van der Waals surface area (Å²) in [6.07, 6.45) is 3.97. The molecule has 0 spiro atoms. The zero-order valence-corrected chi connectivity index (χ0v) is 12.9. The van der Waals surface area contributed by atoms with E-state index in [1.165, 1.54) is 0 Å². The molecule has 3 aromatic rings. The van der Waals surface area contributed by atoms with Gasteiger partial charge in [-0.3, -0.25) is 0 Å². The van der Waals surface area contributed by atoms with E-state index < -0.39 is 0 Å². The van der Waals surface area contributed by atoms with E-state index in [9.17, 15) is 0 Å². The average Bonchev–Trinajstić information content (AvgIpc) is 2.48. The molecule has 2 aromatic carbocycles. The fraction of sp³-hybridized carbons (Fsp3) is 0.0588. The molecule has 0 unspecified atom stereocenters. The van der Waals surface area contributed by atoms with E-state index in [2.05, 4.69) is 9.97 Å². The number of rotatable bonds is 2. The number of aryl methyl sites for hydroxylation is 1. The van der Waals surface area contributed by atoms with Crippen LogP contribution in [0.25, 0.3) is 23.2 Å². The molecule has 0 saturated carbocycles. The smallest absolute Gasteiger partial charge is 0.0910 e. The normalized spacial score (nSPS) is 11.4. The lowest BCUT2D eigenvalue weighted by molar-refractivity contribution is 1.16. The lowest BCUT2D eigenvalue weighted by Crippen LogP contribution is -1.93. The molecule has 1 heterocycles. The van der Waals surface area contributed by atoms with E-state index in [0.29, 0.717) is 10.0 Å². The van der Waals surface area contributed by atoms with Crippen molar-refractivity contribution in [3.8, 4) is 0 Å². The summed E-state index contributed by atoms with van der Waals surface area (Å²) < 4.78 is 0. The van der Waals surface area contributed by atoms with E-state index in [-0.39, 0.29) is 0 Å². The van der Waals surface area contributed by atoms with Crippen LogP contribution in [-0.4, -0.2) is 9.97 Å². The first-order valence-electron chi connectivity index (χ1n) is 6.50. The highest BCUT2D eigenvalue weighted by Crippen LogP contribution is 2.26. The van der Waals surface area contributed by atoms with Gasteiger partial charge in [-0.2, -0.15) is 0 Å². The quantitative estimate of drug-likeness (QED) is 0.631. The van der Waals surface area contributed by atoms with Gasteiger partial charge in [-0.15, -0.1) is 0 Å². The predicted molar refractivity (Wildman–Crippen MR) is 89.7 cm³/mol. The second-order valence-electron chi connectivity index (χ2n) is 4.69. The van der Waals surface area contributed by atoms with Gasteiger partial charge in [0.1, 0.15) is 0 Å². The fourth-order valence-electron chi connectivity index (χ4n) is 2.05. The molecule has 0 amide bonds. The number of nitrogens with zero attached hydrogens (tertiary/aromatic N) is 2. The maximum atomic E-state index is 6.04. The van der Waals surface area contributed by atoms with Crippen molar-refractivity contribution in [1.82, 2.24) is 9.97 Å². The molecule has 0 aliphatic heterocycles. The van der Waals surface area contributed by atoms with Gasteiger partial charge in [0.25, 0.3) is 0 Å². The van der Waals surface area contributed by atoms with Gasteiger partial charge in [0.15, 0.2) is 0 Å². The SMILES string of the molecule is Cc1nc2cc(Cl)c(Cl)cc2nc1/C=C/c1ccccc1. The van der Waals surface area contributed by atoms with Gasteiger partial charge in [0.2, 0.25) is 0 Å². The number of hydrogen-bond donors (Lipinski definition) is 0. The van der Waals surface area contributed by atoms with Crippen LogP contribution < -0.4 is 0 Å².